The van der Waals surface area contributed by atoms with Gasteiger partial charge < -0.3 is 9.84 Å². The summed E-state index contributed by atoms with van der Waals surface area (Å²) in [5, 5.41) is 9.04. The molecular formula is C11H16BrNO4S. The SMILES string of the molecule is CCC(CO)NS(=O)(=O)c1ccc(Br)cc1OC. The van der Waals surface area contributed by atoms with E-state index in [-0.39, 0.29) is 17.3 Å². The van der Waals surface area contributed by atoms with Crippen LogP contribution in [0.25, 0.3) is 0 Å². The first-order valence-electron chi connectivity index (χ1n) is 5.41. The van der Waals surface area contributed by atoms with Crippen LogP contribution in [0.4, 0.5) is 0 Å². The van der Waals surface area contributed by atoms with Crippen LogP contribution < -0.4 is 9.46 Å². The largest absolute Gasteiger partial charge is 0.495 e. The van der Waals surface area contributed by atoms with Gasteiger partial charge in [0.05, 0.1) is 13.7 Å². The summed E-state index contributed by atoms with van der Waals surface area (Å²) in [7, 11) is -2.29. The molecule has 0 fully saturated rings. The lowest BCUT2D eigenvalue weighted by Crippen LogP contribution is -2.37. The molecule has 5 nitrogen and oxygen atoms in total. The van der Waals surface area contributed by atoms with E-state index in [1.54, 1.807) is 19.1 Å². The first-order valence-corrected chi connectivity index (χ1v) is 7.69. The Hall–Kier alpha value is -0.630. The van der Waals surface area contributed by atoms with E-state index in [0.29, 0.717) is 6.42 Å². The zero-order chi connectivity index (χ0) is 13.8. The van der Waals surface area contributed by atoms with E-state index in [4.69, 9.17) is 9.84 Å². The van der Waals surface area contributed by atoms with Gasteiger partial charge in [-0.15, -0.1) is 0 Å². The zero-order valence-corrected chi connectivity index (χ0v) is 12.6. The molecule has 0 spiro atoms. The molecule has 102 valence electrons. The Morgan fingerprint density at radius 2 is 2.17 bits per heavy atom. The van der Waals surface area contributed by atoms with Crippen LogP contribution in [0, 0.1) is 0 Å². The Morgan fingerprint density at radius 3 is 2.67 bits per heavy atom. The van der Waals surface area contributed by atoms with Gasteiger partial charge in [0.2, 0.25) is 10.0 Å². The summed E-state index contributed by atoms with van der Waals surface area (Å²) in [6.07, 6.45) is 0.509. The quantitative estimate of drug-likeness (QED) is 0.824. The fourth-order valence-electron chi connectivity index (χ4n) is 1.40. The molecule has 1 unspecified atom stereocenters. The summed E-state index contributed by atoms with van der Waals surface area (Å²) in [5.41, 5.74) is 0. The molecule has 0 radical (unpaired) electrons. The topological polar surface area (TPSA) is 75.6 Å². The van der Waals surface area contributed by atoms with Crippen LogP contribution in [0.3, 0.4) is 0 Å². The van der Waals surface area contributed by atoms with Gasteiger partial charge in [-0.3, -0.25) is 0 Å². The average Bonchev–Trinajstić information content (AvgIpc) is 2.35. The monoisotopic (exact) mass is 337 g/mol. The fourth-order valence-corrected chi connectivity index (χ4v) is 3.20. The number of hydrogen-bond donors (Lipinski definition) is 2. The molecule has 0 aliphatic carbocycles. The summed E-state index contributed by atoms with van der Waals surface area (Å²) in [6.45, 7) is 1.55. The normalized spacial score (nSPS) is 13.3. The molecule has 1 rings (SSSR count). The predicted molar refractivity (Wildman–Crippen MR) is 72.2 cm³/mol. The number of benzene rings is 1. The van der Waals surface area contributed by atoms with Crippen LogP contribution >= 0.6 is 15.9 Å². The average molecular weight is 338 g/mol. The van der Waals surface area contributed by atoms with E-state index < -0.39 is 16.1 Å². The molecule has 7 heteroatoms. The van der Waals surface area contributed by atoms with Gasteiger partial charge >= 0.3 is 0 Å². The van der Waals surface area contributed by atoms with Gasteiger partial charge in [0.1, 0.15) is 10.6 Å². The summed E-state index contributed by atoms with van der Waals surface area (Å²) < 4.78 is 32.5. The van der Waals surface area contributed by atoms with Crippen molar-refractivity contribution >= 4 is 26.0 Å². The highest BCUT2D eigenvalue weighted by Gasteiger charge is 2.22. The van der Waals surface area contributed by atoms with Gasteiger partial charge in [0.15, 0.2) is 0 Å². The van der Waals surface area contributed by atoms with Gasteiger partial charge in [0, 0.05) is 10.5 Å². The Bertz CT molecular complexity index is 500. The van der Waals surface area contributed by atoms with Crippen LogP contribution in [-0.4, -0.2) is 33.3 Å². The molecule has 0 bridgehead atoms. The molecule has 1 aromatic carbocycles. The lowest BCUT2D eigenvalue weighted by molar-refractivity contribution is 0.253. The number of hydrogen-bond acceptors (Lipinski definition) is 4. The Labute approximate surface area is 115 Å². The van der Waals surface area contributed by atoms with Crippen molar-refractivity contribution < 1.29 is 18.3 Å². The molecule has 0 aromatic heterocycles. The van der Waals surface area contributed by atoms with E-state index >= 15 is 0 Å². The first kappa shape index (κ1) is 15.4. The van der Waals surface area contributed by atoms with E-state index in [0.717, 1.165) is 4.47 Å². The second kappa shape index (κ2) is 6.51. The van der Waals surface area contributed by atoms with Crippen LogP contribution in [0.5, 0.6) is 5.75 Å². The van der Waals surface area contributed by atoms with E-state index in [1.165, 1.54) is 13.2 Å². The summed E-state index contributed by atoms with van der Waals surface area (Å²) >= 11 is 3.25. The van der Waals surface area contributed by atoms with Crippen molar-refractivity contribution in [3.63, 3.8) is 0 Å². The van der Waals surface area contributed by atoms with E-state index in [1.807, 2.05) is 0 Å². The van der Waals surface area contributed by atoms with Crippen LogP contribution in [0.2, 0.25) is 0 Å². The summed E-state index contributed by atoms with van der Waals surface area (Å²) in [5.74, 6) is 0.254. The van der Waals surface area contributed by atoms with Crippen molar-refractivity contribution in [3.05, 3.63) is 22.7 Å². The lowest BCUT2D eigenvalue weighted by Gasteiger charge is -2.16. The number of aliphatic hydroxyl groups excluding tert-OH is 1. The van der Waals surface area contributed by atoms with Gasteiger partial charge in [-0.1, -0.05) is 22.9 Å². The fraction of sp³-hybridized carbons (Fsp3) is 0.455. The molecule has 18 heavy (non-hydrogen) atoms. The minimum atomic E-state index is -3.70. The third-order valence-electron chi connectivity index (χ3n) is 2.45. The van der Waals surface area contributed by atoms with Crippen molar-refractivity contribution in [2.45, 2.75) is 24.3 Å². The zero-order valence-electron chi connectivity index (χ0n) is 10.2. The highest BCUT2D eigenvalue weighted by Crippen LogP contribution is 2.27. The summed E-state index contributed by atoms with van der Waals surface area (Å²) in [4.78, 5) is 0.0556. The number of aliphatic hydroxyl groups is 1. The van der Waals surface area contributed by atoms with Gasteiger partial charge in [-0.25, -0.2) is 13.1 Å². The minimum absolute atomic E-state index is 0.0556. The number of halogens is 1. The molecule has 1 atom stereocenters. The second-order valence-corrected chi connectivity index (χ2v) is 6.30. The smallest absolute Gasteiger partial charge is 0.244 e. The molecule has 0 saturated carbocycles. The molecule has 0 saturated heterocycles. The van der Waals surface area contributed by atoms with E-state index in [9.17, 15) is 8.42 Å². The van der Waals surface area contributed by atoms with Crippen molar-refractivity contribution in [3.8, 4) is 5.75 Å². The van der Waals surface area contributed by atoms with Gasteiger partial charge in [0.25, 0.3) is 0 Å². The highest BCUT2D eigenvalue weighted by atomic mass is 79.9. The van der Waals surface area contributed by atoms with Gasteiger partial charge in [-0.2, -0.15) is 0 Å². The predicted octanol–water partition coefficient (Wildman–Crippen LogP) is 1.51. The highest BCUT2D eigenvalue weighted by molar-refractivity contribution is 9.10. The van der Waals surface area contributed by atoms with Crippen molar-refractivity contribution in [1.82, 2.24) is 4.72 Å². The van der Waals surface area contributed by atoms with Crippen molar-refractivity contribution in [2.75, 3.05) is 13.7 Å². The molecule has 0 heterocycles. The van der Waals surface area contributed by atoms with Crippen LogP contribution in [-0.2, 0) is 10.0 Å². The maximum atomic E-state index is 12.1. The number of rotatable bonds is 6. The molecule has 2 N–H and O–H groups in total. The first-order chi connectivity index (χ1) is 8.44. The molecular weight excluding hydrogens is 322 g/mol. The number of ether oxygens (including phenoxy) is 1. The minimum Gasteiger partial charge on any atom is -0.495 e. The maximum Gasteiger partial charge on any atom is 0.244 e. The van der Waals surface area contributed by atoms with Crippen molar-refractivity contribution in [1.29, 1.82) is 0 Å². The Morgan fingerprint density at radius 1 is 1.50 bits per heavy atom. The molecule has 0 aliphatic heterocycles. The molecule has 1 aromatic rings. The standard InChI is InChI=1S/C11H16BrNO4S/c1-3-9(7-14)13-18(15,16)11-5-4-8(12)6-10(11)17-2/h4-6,9,13-14H,3,7H2,1-2H3. The van der Waals surface area contributed by atoms with Crippen LogP contribution in [0.15, 0.2) is 27.6 Å². The number of nitrogens with one attached hydrogen (secondary N) is 1. The van der Waals surface area contributed by atoms with Crippen molar-refractivity contribution in [2.24, 2.45) is 0 Å². The second-order valence-electron chi connectivity index (χ2n) is 3.70. The lowest BCUT2D eigenvalue weighted by atomic mass is 10.3. The van der Waals surface area contributed by atoms with E-state index in [2.05, 4.69) is 20.7 Å². The molecule has 0 amide bonds. The molecule has 0 aliphatic rings. The van der Waals surface area contributed by atoms with Crippen LogP contribution in [0.1, 0.15) is 13.3 Å². The summed E-state index contributed by atoms with van der Waals surface area (Å²) in [6, 6.07) is 4.16. The Kier molecular flexibility index (Phi) is 5.58. The van der Waals surface area contributed by atoms with Gasteiger partial charge in [-0.05, 0) is 24.6 Å². The number of sulfonamides is 1. The third kappa shape index (κ3) is 3.68. The number of methoxy groups -OCH3 is 1. The maximum absolute atomic E-state index is 12.1. The Balaban J connectivity index is 3.12. The third-order valence-corrected chi connectivity index (χ3v) is 4.50.